The standard InChI is InChI=1S/C38H40F3N7O2S/c1-25-9-14-30-35(34(23-49)51-37(30)46-25)44-17-2-3-18-45-36(50)26-10-12-27(13-11-26)43-19-5-6-29-22-31-32(47-28-15-20-42-21-16-28)7-4-8-33(31)48(29)24-38(39,40)41/h4,7-14,22-23,28,42-44,47H,2-3,15-21,24H2,1H3,(H,45,50). The van der Waals surface area contributed by atoms with E-state index < -0.39 is 12.7 Å². The second-order valence-electron chi connectivity index (χ2n) is 12.5. The number of aldehydes is 1. The number of halogens is 3. The van der Waals surface area contributed by atoms with E-state index in [9.17, 15) is 22.8 Å². The van der Waals surface area contributed by atoms with Gasteiger partial charge in [-0.2, -0.15) is 13.2 Å². The fourth-order valence-corrected chi connectivity index (χ4v) is 7.20. The third-order valence-corrected chi connectivity index (χ3v) is 9.77. The van der Waals surface area contributed by atoms with Gasteiger partial charge in [-0.1, -0.05) is 12.0 Å². The van der Waals surface area contributed by atoms with E-state index in [0.29, 0.717) is 34.7 Å². The molecule has 6 rings (SSSR count). The van der Waals surface area contributed by atoms with Crippen LogP contribution in [0.15, 0.2) is 60.7 Å². The summed E-state index contributed by atoms with van der Waals surface area (Å²) in [5, 5.41) is 18.0. The number of aromatic nitrogens is 2. The van der Waals surface area contributed by atoms with Crippen LogP contribution in [0.3, 0.4) is 0 Å². The molecule has 266 valence electrons. The number of hydrogen-bond acceptors (Lipinski definition) is 8. The van der Waals surface area contributed by atoms with E-state index >= 15 is 0 Å². The highest BCUT2D eigenvalue weighted by Crippen LogP contribution is 2.34. The van der Waals surface area contributed by atoms with Crippen molar-refractivity contribution in [3.63, 3.8) is 0 Å². The van der Waals surface area contributed by atoms with Gasteiger partial charge in [0.05, 0.1) is 28.3 Å². The normalized spacial score (nSPS) is 13.5. The Morgan fingerprint density at radius 1 is 1.04 bits per heavy atom. The highest BCUT2D eigenvalue weighted by atomic mass is 32.1. The maximum Gasteiger partial charge on any atom is 0.406 e. The summed E-state index contributed by atoms with van der Waals surface area (Å²) in [5.41, 5.74) is 4.55. The number of carbonyl (C=O) groups is 2. The molecule has 0 unspecified atom stereocenters. The van der Waals surface area contributed by atoms with Crippen molar-refractivity contribution in [1.29, 1.82) is 0 Å². The Hall–Kier alpha value is -5.06. The first-order valence-corrected chi connectivity index (χ1v) is 17.9. The van der Waals surface area contributed by atoms with Gasteiger partial charge in [0.1, 0.15) is 11.4 Å². The van der Waals surface area contributed by atoms with Crippen LogP contribution >= 0.6 is 11.3 Å². The molecule has 0 saturated carbocycles. The molecule has 13 heteroatoms. The molecule has 1 saturated heterocycles. The lowest BCUT2D eigenvalue weighted by Crippen LogP contribution is -2.35. The minimum absolute atomic E-state index is 0.186. The van der Waals surface area contributed by atoms with Crippen molar-refractivity contribution in [3.05, 3.63) is 82.5 Å². The Bertz CT molecular complexity index is 2060. The summed E-state index contributed by atoms with van der Waals surface area (Å²) >= 11 is 1.37. The van der Waals surface area contributed by atoms with Crippen molar-refractivity contribution >= 4 is 61.7 Å². The minimum atomic E-state index is -4.40. The van der Waals surface area contributed by atoms with Crippen LogP contribution in [0.4, 0.5) is 30.2 Å². The monoisotopic (exact) mass is 715 g/mol. The number of piperidine rings is 1. The second kappa shape index (κ2) is 16.3. The van der Waals surface area contributed by atoms with Crippen LogP contribution in [0.2, 0.25) is 0 Å². The molecule has 5 N–H and O–H groups in total. The number of rotatable bonds is 13. The summed E-state index contributed by atoms with van der Waals surface area (Å²) in [6, 6.07) is 18.2. The summed E-state index contributed by atoms with van der Waals surface area (Å²) in [6.07, 6.45) is -0.105. The van der Waals surface area contributed by atoms with Gasteiger partial charge < -0.3 is 31.2 Å². The van der Waals surface area contributed by atoms with E-state index in [-0.39, 0.29) is 18.5 Å². The highest BCUT2D eigenvalue weighted by molar-refractivity contribution is 7.20. The topological polar surface area (TPSA) is 112 Å². The lowest BCUT2D eigenvalue weighted by molar-refractivity contribution is -0.140. The largest absolute Gasteiger partial charge is 0.406 e. The zero-order chi connectivity index (χ0) is 35.8. The van der Waals surface area contributed by atoms with E-state index in [4.69, 9.17) is 0 Å². The Balaban J connectivity index is 0.989. The van der Waals surface area contributed by atoms with Gasteiger partial charge in [0.25, 0.3) is 5.91 Å². The van der Waals surface area contributed by atoms with Gasteiger partial charge in [-0.25, -0.2) is 4.98 Å². The van der Waals surface area contributed by atoms with Gasteiger partial charge >= 0.3 is 6.18 Å². The molecule has 2 aromatic carbocycles. The van der Waals surface area contributed by atoms with Crippen LogP contribution in [-0.4, -0.2) is 66.7 Å². The third-order valence-electron chi connectivity index (χ3n) is 8.75. The first-order chi connectivity index (χ1) is 24.7. The average molecular weight is 716 g/mol. The number of aryl methyl sites for hydroxylation is 1. The number of nitrogens with one attached hydrogen (secondary N) is 5. The fraction of sp³-hybridized carbons (Fsp3) is 0.342. The van der Waals surface area contributed by atoms with Crippen LogP contribution in [0, 0.1) is 18.8 Å². The highest BCUT2D eigenvalue weighted by Gasteiger charge is 2.30. The fourth-order valence-electron chi connectivity index (χ4n) is 6.19. The predicted octanol–water partition coefficient (Wildman–Crippen LogP) is 7.18. The first-order valence-electron chi connectivity index (χ1n) is 17.0. The SMILES string of the molecule is Cc1ccc2c(NCCCCNC(=O)c3ccc(NCC#Cc4cc5c(NC6CCNCC6)cccc5n4CC(F)(F)F)cc3)c(C=O)sc2n1. The summed E-state index contributed by atoms with van der Waals surface area (Å²) < 4.78 is 42.0. The van der Waals surface area contributed by atoms with Crippen LogP contribution in [0.1, 0.15) is 57.1 Å². The number of fused-ring (bicyclic) bond motifs is 2. The number of thiophene rings is 1. The maximum atomic E-state index is 13.6. The molecule has 4 heterocycles. The average Bonchev–Trinajstić information content (AvgIpc) is 3.65. The number of benzene rings is 2. The number of anilines is 3. The summed E-state index contributed by atoms with van der Waals surface area (Å²) in [5.74, 6) is 5.72. The molecule has 5 aromatic rings. The van der Waals surface area contributed by atoms with Gasteiger partial charge in [-0.15, -0.1) is 11.3 Å². The molecule has 0 atom stereocenters. The zero-order valence-corrected chi connectivity index (χ0v) is 29.1. The third kappa shape index (κ3) is 9.19. The zero-order valence-electron chi connectivity index (χ0n) is 28.3. The Morgan fingerprint density at radius 3 is 2.59 bits per heavy atom. The number of unbranched alkanes of at least 4 members (excludes halogenated alkanes) is 1. The lowest BCUT2D eigenvalue weighted by Gasteiger charge is -2.25. The molecule has 1 amide bonds. The number of carbonyl (C=O) groups excluding carboxylic acids is 2. The van der Waals surface area contributed by atoms with Crippen LogP contribution in [0.5, 0.6) is 0 Å². The van der Waals surface area contributed by atoms with Gasteiger partial charge in [0, 0.05) is 52.5 Å². The summed E-state index contributed by atoms with van der Waals surface area (Å²) in [4.78, 5) is 30.2. The minimum Gasteiger partial charge on any atom is -0.383 e. The van der Waals surface area contributed by atoms with Crippen LogP contribution in [0.25, 0.3) is 21.1 Å². The second-order valence-corrected chi connectivity index (χ2v) is 13.6. The molecule has 3 aromatic heterocycles. The Labute approximate surface area is 298 Å². The van der Waals surface area contributed by atoms with E-state index in [2.05, 4.69) is 43.4 Å². The quantitative estimate of drug-likeness (QED) is 0.0499. The van der Waals surface area contributed by atoms with Crippen LogP contribution < -0.4 is 26.6 Å². The molecular formula is C38H40F3N7O2S. The molecule has 1 aliphatic rings. The van der Waals surface area contributed by atoms with Crippen molar-refractivity contribution in [2.45, 2.75) is 51.4 Å². The van der Waals surface area contributed by atoms with Crippen molar-refractivity contribution in [2.75, 3.05) is 48.7 Å². The molecule has 0 bridgehead atoms. The smallest absolute Gasteiger partial charge is 0.383 e. The summed E-state index contributed by atoms with van der Waals surface area (Å²) in [6.45, 7) is 3.96. The van der Waals surface area contributed by atoms with E-state index in [0.717, 1.165) is 83.4 Å². The van der Waals surface area contributed by atoms with Crippen molar-refractivity contribution < 1.29 is 22.8 Å². The number of pyridine rings is 1. The molecule has 51 heavy (non-hydrogen) atoms. The molecule has 1 fully saturated rings. The van der Waals surface area contributed by atoms with Gasteiger partial charge in [-0.3, -0.25) is 9.59 Å². The molecule has 0 radical (unpaired) electrons. The Morgan fingerprint density at radius 2 is 1.82 bits per heavy atom. The number of alkyl halides is 3. The number of nitrogens with zero attached hydrogens (tertiary/aromatic N) is 2. The molecule has 0 aliphatic carbocycles. The number of amides is 1. The lowest BCUT2D eigenvalue weighted by atomic mass is 10.1. The van der Waals surface area contributed by atoms with Crippen LogP contribution in [-0.2, 0) is 6.54 Å². The maximum absolute atomic E-state index is 13.6. The van der Waals surface area contributed by atoms with Crippen molar-refractivity contribution in [3.8, 4) is 11.8 Å². The summed E-state index contributed by atoms with van der Waals surface area (Å²) in [7, 11) is 0. The molecule has 0 spiro atoms. The predicted molar refractivity (Wildman–Crippen MR) is 199 cm³/mol. The molecular weight excluding hydrogens is 676 g/mol. The number of hydrogen-bond donors (Lipinski definition) is 5. The van der Waals surface area contributed by atoms with Gasteiger partial charge in [0.2, 0.25) is 0 Å². The van der Waals surface area contributed by atoms with Crippen molar-refractivity contribution in [1.82, 2.24) is 20.2 Å². The van der Waals surface area contributed by atoms with E-state index in [1.54, 1.807) is 42.5 Å². The molecule has 9 nitrogen and oxygen atoms in total. The van der Waals surface area contributed by atoms with E-state index in [1.807, 2.05) is 25.1 Å². The first kappa shape index (κ1) is 35.8. The van der Waals surface area contributed by atoms with E-state index in [1.165, 1.54) is 15.9 Å². The van der Waals surface area contributed by atoms with Gasteiger partial charge in [-0.05, 0) is 106 Å². The molecule has 1 aliphatic heterocycles. The van der Waals surface area contributed by atoms with Crippen molar-refractivity contribution in [2.24, 2.45) is 0 Å². The van der Waals surface area contributed by atoms with Gasteiger partial charge in [0.15, 0.2) is 6.29 Å². The Kier molecular flexibility index (Phi) is 11.4.